The highest BCUT2D eigenvalue weighted by molar-refractivity contribution is 7.91. The van der Waals surface area contributed by atoms with Crippen LogP contribution in [0.4, 0.5) is 8.78 Å². The van der Waals surface area contributed by atoms with Gasteiger partial charge in [-0.1, -0.05) is 0 Å². The average Bonchev–Trinajstić information content (AvgIpc) is 2.09. The Balaban J connectivity index is 2.44. The van der Waals surface area contributed by atoms with Crippen molar-refractivity contribution in [2.24, 2.45) is 5.92 Å². The third-order valence-electron chi connectivity index (χ3n) is 2.49. The van der Waals surface area contributed by atoms with Crippen molar-refractivity contribution in [1.29, 1.82) is 0 Å². The lowest BCUT2D eigenvalue weighted by Crippen LogP contribution is -2.30. The molecule has 1 fully saturated rings. The zero-order chi connectivity index (χ0) is 10.8. The van der Waals surface area contributed by atoms with Gasteiger partial charge >= 0.3 is 0 Å². The van der Waals surface area contributed by atoms with E-state index in [1.54, 1.807) is 0 Å². The van der Waals surface area contributed by atoms with Crippen LogP contribution in [-0.2, 0) is 9.84 Å². The molecule has 0 aliphatic carbocycles. The molecule has 0 aromatic heterocycles. The molecule has 14 heavy (non-hydrogen) atoms. The van der Waals surface area contributed by atoms with Gasteiger partial charge in [0, 0.05) is 6.42 Å². The minimum absolute atomic E-state index is 0.000818. The Morgan fingerprint density at radius 1 is 1.29 bits per heavy atom. The summed E-state index contributed by atoms with van der Waals surface area (Å²) in [7, 11) is -2.99. The van der Waals surface area contributed by atoms with E-state index in [0.717, 1.165) is 0 Å². The van der Waals surface area contributed by atoms with Crippen molar-refractivity contribution in [2.75, 3.05) is 18.1 Å². The van der Waals surface area contributed by atoms with E-state index in [4.69, 9.17) is 5.11 Å². The van der Waals surface area contributed by atoms with E-state index in [-0.39, 0.29) is 30.3 Å². The van der Waals surface area contributed by atoms with Gasteiger partial charge in [0.2, 0.25) is 0 Å². The summed E-state index contributed by atoms with van der Waals surface area (Å²) in [6.45, 7) is -1.16. The summed E-state index contributed by atoms with van der Waals surface area (Å²) in [4.78, 5) is 0. The molecule has 3 nitrogen and oxygen atoms in total. The van der Waals surface area contributed by atoms with Gasteiger partial charge in [-0.3, -0.25) is 0 Å². The van der Waals surface area contributed by atoms with Crippen LogP contribution in [0, 0.1) is 5.92 Å². The molecule has 0 radical (unpaired) electrons. The summed E-state index contributed by atoms with van der Waals surface area (Å²) < 4.78 is 47.4. The smallest absolute Gasteiger partial charge is 0.270 e. The standard InChI is InChI=1S/C8H14F2O3S/c9-8(10,6-11)5-7-1-3-14(12,13)4-2-7/h7,11H,1-6H2. The fourth-order valence-electron chi connectivity index (χ4n) is 1.63. The number of aliphatic hydroxyl groups excluding tert-OH is 1. The van der Waals surface area contributed by atoms with Gasteiger partial charge in [-0.05, 0) is 18.8 Å². The summed E-state index contributed by atoms with van der Waals surface area (Å²) >= 11 is 0. The van der Waals surface area contributed by atoms with E-state index >= 15 is 0 Å². The van der Waals surface area contributed by atoms with E-state index in [2.05, 4.69) is 0 Å². The molecule has 1 aliphatic rings. The Bertz CT molecular complexity index is 273. The summed E-state index contributed by atoms with van der Waals surface area (Å²) in [6.07, 6.45) is 0.175. The van der Waals surface area contributed by atoms with Gasteiger partial charge in [-0.2, -0.15) is 0 Å². The van der Waals surface area contributed by atoms with E-state index in [0.29, 0.717) is 0 Å². The summed E-state index contributed by atoms with van der Waals surface area (Å²) in [6, 6.07) is 0. The van der Waals surface area contributed by atoms with Crippen molar-refractivity contribution in [2.45, 2.75) is 25.2 Å². The molecule has 0 saturated carbocycles. The lowest BCUT2D eigenvalue weighted by Gasteiger charge is -2.25. The van der Waals surface area contributed by atoms with Gasteiger partial charge in [-0.25, -0.2) is 17.2 Å². The summed E-state index contributed by atoms with van der Waals surface area (Å²) in [5.41, 5.74) is 0. The van der Waals surface area contributed by atoms with E-state index in [9.17, 15) is 17.2 Å². The first-order valence-corrected chi connectivity index (χ1v) is 6.36. The van der Waals surface area contributed by atoms with E-state index in [1.165, 1.54) is 0 Å². The van der Waals surface area contributed by atoms with E-state index in [1.807, 2.05) is 0 Å². The monoisotopic (exact) mass is 228 g/mol. The number of hydrogen-bond acceptors (Lipinski definition) is 3. The number of alkyl halides is 2. The Morgan fingerprint density at radius 2 is 1.79 bits per heavy atom. The number of hydrogen-bond donors (Lipinski definition) is 1. The van der Waals surface area contributed by atoms with Gasteiger partial charge in [0.15, 0.2) is 0 Å². The third kappa shape index (κ3) is 3.49. The molecule has 0 unspecified atom stereocenters. The molecule has 1 N–H and O–H groups in total. The molecular formula is C8H14F2O3S. The average molecular weight is 228 g/mol. The first kappa shape index (κ1) is 11.8. The predicted octanol–water partition coefficient (Wildman–Crippen LogP) is 0.829. The summed E-state index contributed by atoms with van der Waals surface area (Å²) in [5.74, 6) is -3.34. The molecule has 0 aromatic carbocycles. The maximum Gasteiger partial charge on any atom is 0.270 e. The number of aliphatic hydroxyl groups is 1. The fourth-order valence-corrected chi connectivity index (χ4v) is 3.22. The first-order chi connectivity index (χ1) is 6.35. The van der Waals surface area contributed by atoms with Gasteiger partial charge in [-0.15, -0.1) is 0 Å². The lowest BCUT2D eigenvalue weighted by atomic mass is 9.95. The Labute approximate surface area is 82.0 Å². The zero-order valence-electron chi connectivity index (χ0n) is 7.75. The molecule has 0 bridgehead atoms. The Kier molecular flexibility index (Phi) is 3.47. The number of rotatable bonds is 3. The molecule has 0 aromatic rings. The second kappa shape index (κ2) is 4.10. The molecular weight excluding hydrogens is 214 g/mol. The van der Waals surface area contributed by atoms with Crippen LogP contribution < -0.4 is 0 Å². The normalized spacial score (nSPS) is 23.6. The van der Waals surface area contributed by atoms with E-state index < -0.39 is 28.8 Å². The van der Waals surface area contributed by atoms with Crippen molar-refractivity contribution < 1.29 is 22.3 Å². The van der Waals surface area contributed by atoms with Gasteiger partial charge < -0.3 is 5.11 Å². The molecule has 1 rings (SSSR count). The minimum Gasteiger partial charge on any atom is -0.390 e. The number of halogens is 2. The number of sulfone groups is 1. The quantitative estimate of drug-likeness (QED) is 0.778. The van der Waals surface area contributed by atoms with Crippen molar-refractivity contribution in [3.8, 4) is 0 Å². The molecule has 1 heterocycles. The maximum atomic E-state index is 12.7. The van der Waals surface area contributed by atoms with Crippen molar-refractivity contribution in [3.63, 3.8) is 0 Å². The molecule has 0 spiro atoms. The highest BCUT2D eigenvalue weighted by atomic mass is 32.2. The van der Waals surface area contributed by atoms with Gasteiger partial charge in [0.25, 0.3) is 5.92 Å². The third-order valence-corrected chi connectivity index (χ3v) is 4.21. The van der Waals surface area contributed by atoms with Crippen LogP contribution in [0.5, 0.6) is 0 Å². The molecule has 1 aliphatic heterocycles. The van der Waals surface area contributed by atoms with Crippen LogP contribution >= 0.6 is 0 Å². The van der Waals surface area contributed by atoms with Gasteiger partial charge in [0.05, 0.1) is 11.5 Å². The molecule has 84 valence electrons. The largest absolute Gasteiger partial charge is 0.390 e. The highest BCUT2D eigenvalue weighted by Gasteiger charge is 2.34. The Hall–Kier alpha value is -0.230. The second-order valence-electron chi connectivity index (χ2n) is 3.81. The SMILES string of the molecule is O=S1(=O)CCC(CC(F)(F)CO)CC1. The minimum atomic E-state index is -3.06. The van der Waals surface area contributed by atoms with Crippen LogP contribution in [-0.4, -0.2) is 37.6 Å². The zero-order valence-corrected chi connectivity index (χ0v) is 8.56. The van der Waals surface area contributed by atoms with Crippen LogP contribution in [0.25, 0.3) is 0 Å². The molecule has 6 heteroatoms. The van der Waals surface area contributed by atoms with Crippen LogP contribution in [0.1, 0.15) is 19.3 Å². The van der Waals surface area contributed by atoms with Crippen molar-refractivity contribution in [3.05, 3.63) is 0 Å². The second-order valence-corrected chi connectivity index (χ2v) is 6.12. The topological polar surface area (TPSA) is 54.4 Å². The maximum absolute atomic E-state index is 12.7. The van der Waals surface area contributed by atoms with Crippen LogP contribution in [0.3, 0.4) is 0 Å². The molecule has 1 saturated heterocycles. The fraction of sp³-hybridized carbons (Fsp3) is 1.00. The highest BCUT2D eigenvalue weighted by Crippen LogP contribution is 2.30. The van der Waals surface area contributed by atoms with Crippen LogP contribution in [0.15, 0.2) is 0 Å². The first-order valence-electron chi connectivity index (χ1n) is 4.54. The molecule has 0 amide bonds. The summed E-state index contributed by atoms with van der Waals surface area (Å²) in [5, 5.41) is 8.36. The van der Waals surface area contributed by atoms with Gasteiger partial charge in [0.1, 0.15) is 16.4 Å². The predicted molar refractivity (Wildman–Crippen MR) is 48.0 cm³/mol. The molecule has 0 atom stereocenters. The van der Waals surface area contributed by atoms with Crippen molar-refractivity contribution in [1.82, 2.24) is 0 Å². The van der Waals surface area contributed by atoms with Crippen molar-refractivity contribution >= 4 is 9.84 Å². The lowest BCUT2D eigenvalue weighted by molar-refractivity contribution is -0.0685. The van der Waals surface area contributed by atoms with Crippen LogP contribution in [0.2, 0.25) is 0 Å². The Morgan fingerprint density at radius 3 is 2.21 bits per heavy atom.